The molecule has 0 unspecified atom stereocenters. The van der Waals surface area contributed by atoms with Gasteiger partial charge in [-0.25, -0.2) is 0 Å². The molecule has 0 spiro atoms. The maximum absolute atomic E-state index is 12.9. The average molecular weight is 401 g/mol. The topological polar surface area (TPSA) is 60.2 Å². The molecule has 1 aromatic carbocycles. The monoisotopic (exact) mass is 400 g/mol. The summed E-state index contributed by atoms with van der Waals surface area (Å²) in [6.07, 6.45) is 3.04. The Kier molecular flexibility index (Phi) is 5.00. The van der Waals surface area contributed by atoms with Gasteiger partial charge in [0.05, 0.1) is 11.9 Å². The van der Waals surface area contributed by atoms with E-state index in [9.17, 15) is 4.79 Å². The number of aromatic nitrogens is 3. The van der Waals surface area contributed by atoms with Crippen LogP contribution in [0.3, 0.4) is 0 Å². The van der Waals surface area contributed by atoms with Crippen molar-refractivity contribution in [2.75, 3.05) is 19.4 Å². The van der Waals surface area contributed by atoms with Gasteiger partial charge in [0.25, 0.3) is 0 Å². The number of thioether (sulfide) groups is 1. The van der Waals surface area contributed by atoms with Gasteiger partial charge in [-0.05, 0) is 43.5 Å². The van der Waals surface area contributed by atoms with Crippen LogP contribution in [-0.4, -0.2) is 57.1 Å². The molecule has 1 aromatic heterocycles. The Labute approximate surface area is 170 Å². The third-order valence-electron chi connectivity index (χ3n) is 6.46. The van der Waals surface area contributed by atoms with E-state index in [0.717, 1.165) is 23.9 Å². The minimum absolute atomic E-state index is 0.00961. The van der Waals surface area contributed by atoms with Crippen molar-refractivity contribution < 1.29 is 9.53 Å². The molecule has 0 bridgehead atoms. The van der Waals surface area contributed by atoms with Crippen LogP contribution in [0.5, 0.6) is 0 Å². The number of aryl methyl sites for hydroxylation is 2. The first-order valence-corrected chi connectivity index (χ1v) is 10.8. The summed E-state index contributed by atoms with van der Waals surface area (Å²) in [4.78, 5) is 14.8. The summed E-state index contributed by atoms with van der Waals surface area (Å²) >= 11 is 1.44. The van der Waals surface area contributed by atoms with Gasteiger partial charge in [-0.3, -0.25) is 9.36 Å². The second-order valence-electron chi connectivity index (χ2n) is 8.56. The maximum atomic E-state index is 12.9. The number of hydrogen-bond donors (Lipinski definition) is 0. The highest BCUT2D eigenvalue weighted by Gasteiger charge is 2.61. The first-order chi connectivity index (χ1) is 13.3. The molecular weight excluding hydrogens is 372 g/mol. The van der Waals surface area contributed by atoms with E-state index in [2.05, 4.69) is 56.1 Å². The van der Waals surface area contributed by atoms with Crippen LogP contribution in [-0.2, 0) is 9.53 Å². The van der Waals surface area contributed by atoms with E-state index in [-0.39, 0.29) is 23.5 Å². The largest absolute Gasteiger partial charge is 0.377 e. The van der Waals surface area contributed by atoms with Crippen molar-refractivity contribution >= 4 is 17.7 Å². The highest BCUT2D eigenvalue weighted by atomic mass is 32.2. The van der Waals surface area contributed by atoms with Gasteiger partial charge in [0.15, 0.2) is 5.16 Å². The Morgan fingerprint density at radius 2 is 2.14 bits per heavy atom. The number of carbonyl (C=O) groups excluding carboxylic acids is 1. The van der Waals surface area contributed by atoms with E-state index in [4.69, 9.17) is 4.74 Å². The van der Waals surface area contributed by atoms with E-state index < -0.39 is 0 Å². The molecule has 28 heavy (non-hydrogen) atoms. The Bertz CT molecular complexity index is 894. The van der Waals surface area contributed by atoms with Crippen LogP contribution in [0.2, 0.25) is 0 Å². The van der Waals surface area contributed by atoms with Gasteiger partial charge in [-0.2, -0.15) is 0 Å². The smallest absolute Gasteiger partial charge is 0.233 e. The highest BCUT2D eigenvalue weighted by Crippen LogP contribution is 2.54. The second kappa shape index (κ2) is 7.19. The predicted octanol–water partition coefficient (Wildman–Crippen LogP) is 3.25. The molecule has 1 aliphatic heterocycles. The fourth-order valence-corrected chi connectivity index (χ4v) is 5.70. The molecule has 2 fully saturated rings. The molecule has 1 saturated carbocycles. The number of amides is 1. The van der Waals surface area contributed by atoms with Gasteiger partial charge >= 0.3 is 0 Å². The van der Waals surface area contributed by atoms with Gasteiger partial charge in [-0.15, -0.1) is 10.2 Å². The molecule has 150 valence electrons. The van der Waals surface area contributed by atoms with Gasteiger partial charge < -0.3 is 9.64 Å². The van der Waals surface area contributed by atoms with Crippen molar-refractivity contribution in [3.05, 3.63) is 35.7 Å². The standard InChI is InChI=1S/C21H28N4O2S/c1-13-6-7-15(10-14(13)2)25-12-22-23-20(25)28-11-17(26)24(5)18-16-8-9-27-19(16)21(18,3)4/h6-7,10,12,16,18-19H,8-9,11H2,1-5H3/t16-,18+,19-/m0/s1. The number of rotatable bonds is 5. The lowest BCUT2D eigenvalue weighted by Gasteiger charge is -2.57. The summed E-state index contributed by atoms with van der Waals surface area (Å²) in [5.74, 6) is 0.946. The molecule has 4 rings (SSSR count). The fourth-order valence-electron chi connectivity index (χ4n) is 4.84. The number of ether oxygens (including phenoxy) is 1. The molecule has 6 nitrogen and oxygen atoms in total. The summed E-state index contributed by atoms with van der Waals surface area (Å²) in [5, 5.41) is 9.01. The Morgan fingerprint density at radius 1 is 1.36 bits per heavy atom. The lowest BCUT2D eigenvalue weighted by Crippen LogP contribution is -2.67. The molecule has 1 amide bonds. The van der Waals surface area contributed by atoms with Crippen LogP contribution in [0.4, 0.5) is 0 Å². The molecular formula is C21H28N4O2S. The molecule has 0 N–H and O–H groups in total. The Hall–Kier alpha value is -1.86. The van der Waals surface area contributed by atoms with Gasteiger partial charge in [0.1, 0.15) is 6.33 Å². The molecule has 2 aliphatic rings. The molecule has 3 atom stereocenters. The first-order valence-electron chi connectivity index (χ1n) is 9.78. The minimum atomic E-state index is 0.00961. The summed E-state index contributed by atoms with van der Waals surface area (Å²) in [5.41, 5.74) is 3.50. The second-order valence-corrected chi connectivity index (χ2v) is 9.50. The average Bonchev–Trinajstić information content (AvgIpc) is 3.30. The molecule has 0 radical (unpaired) electrons. The summed E-state index contributed by atoms with van der Waals surface area (Å²) in [7, 11) is 1.93. The Balaban J connectivity index is 1.43. The molecule has 1 aliphatic carbocycles. The van der Waals surface area contributed by atoms with Crippen molar-refractivity contribution in [1.29, 1.82) is 0 Å². The lowest BCUT2D eigenvalue weighted by atomic mass is 9.57. The summed E-state index contributed by atoms with van der Waals surface area (Å²) in [6, 6.07) is 6.51. The van der Waals surface area contributed by atoms with Crippen LogP contribution >= 0.6 is 11.8 Å². The van der Waals surface area contributed by atoms with Crippen LogP contribution in [0, 0.1) is 25.2 Å². The van der Waals surface area contributed by atoms with Crippen LogP contribution < -0.4 is 0 Å². The zero-order valence-corrected chi connectivity index (χ0v) is 18.0. The third kappa shape index (κ3) is 3.14. The summed E-state index contributed by atoms with van der Waals surface area (Å²) < 4.78 is 7.81. The quantitative estimate of drug-likeness (QED) is 0.721. The molecule has 2 heterocycles. The normalized spacial score (nSPS) is 25.2. The zero-order chi connectivity index (χ0) is 20.1. The van der Waals surface area contributed by atoms with Gasteiger partial charge in [0.2, 0.25) is 5.91 Å². The van der Waals surface area contributed by atoms with Crippen molar-refractivity contribution in [2.24, 2.45) is 11.3 Å². The molecule has 1 saturated heterocycles. The minimum Gasteiger partial charge on any atom is -0.377 e. The van der Waals surface area contributed by atoms with Gasteiger partial charge in [-0.1, -0.05) is 31.7 Å². The van der Waals surface area contributed by atoms with Crippen LogP contribution in [0.1, 0.15) is 31.4 Å². The van der Waals surface area contributed by atoms with Gasteiger partial charge in [0, 0.05) is 36.7 Å². The predicted molar refractivity (Wildman–Crippen MR) is 110 cm³/mol. The van der Waals surface area contributed by atoms with E-state index in [1.54, 1.807) is 6.33 Å². The molecule has 2 aromatic rings. The fraction of sp³-hybridized carbons (Fsp3) is 0.571. The lowest BCUT2D eigenvalue weighted by molar-refractivity contribution is -0.165. The van der Waals surface area contributed by atoms with Crippen molar-refractivity contribution in [3.8, 4) is 5.69 Å². The molecule has 7 heteroatoms. The number of carbonyl (C=O) groups is 1. The number of hydrogen-bond acceptors (Lipinski definition) is 5. The first kappa shape index (κ1) is 19.5. The van der Waals surface area contributed by atoms with Crippen LogP contribution in [0.25, 0.3) is 5.69 Å². The third-order valence-corrected chi connectivity index (χ3v) is 7.39. The Morgan fingerprint density at radius 3 is 2.89 bits per heavy atom. The number of nitrogens with zero attached hydrogens (tertiary/aromatic N) is 4. The zero-order valence-electron chi connectivity index (χ0n) is 17.2. The van der Waals surface area contributed by atoms with E-state index in [1.165, 1.54) is 22.9 Å². The number of fused-ring (bicyclic) bond motifs is 1. The number of benzene rings is 1. The summed E-state index contributed by atoms with van der Waals surface area (Å²) in [6.45, 7) is 9.41. The van der Waals surface area contributed by atoms with E-state index in [0.29, 0.717) is 11.7 Å². The van der Waals surface area contributed by atoms with Crippen molar-refractivity contribution in [3.63, 3.8) is 0 Å². The van der Waals surface area contributed by atoms with E-state index in [1.807, 2.05) is 16.5 Å². The van der Waals surface area contributed by atoms with Crippen LogP contribution in [0.15, 0.2) is 29.7 Å². The van der Waals surface area contributed by atoms with E-state index >= 15 is 0 Å². The van der Waals surface area contributed by atoms with Crippen molar-refractivity contribution in [1.82, 2.24) is 19.7 Å². The highest BCUT2D eigenvalue weighted by molar-refractivity contribution is 7.99. The van der Waals surface area contributed by atoms with Crippen molar-refractivity contribution in [2.45, 2.75) is 51.4 Å². The maximum Gasteiger partial charge on any atom is 0.233 e. The SMILES string of the molecule is Cc1ccc(-n2cnnc2SCC(=O)N(C)[C@@H]2[C@@H]3CCO[C@@H]3C2(C)C)cc1C.